The van der Waals surface area contributed by atoms with Gasteiger partial charge in [-0.3, -0.25) is 4.98 Å². The Morgan fingerprint density at radius 2 is 0.973 bits per heavy atom. The van der Waals surface area contributed by atoms with Gasteiger partial charge in [-0.25, -0.2) is 4.98 Å². The minimum Gasteiger partial charge on any atom is -0.311 e. The van der Waals surface area contributed by atoms with Gasteiger partial charge in [0, 0.05) is 17.1 Å². The summed E-state index contributed by atoms with van der Waals surface area (Å²) in [5.41, 5.74) is 9.53. The normalized spacial score (nSPS) is 11.1. The van der Waals surface area contributed by atoms with E-state index in [-0.39, 0.29) is 0 Å². The first kappa shape index (κ1) is 22.4. The molecule has 0 fully saturated rings. The highest BCUT2D eigenvalue weighted by Gasteiger charge is 2.11. The lowest BCUT2D eigenvalue weighted by atomic mass is 10.0. The summed E-state index contributed by atoms with van der Waals surface area (Å²) in [5.74, 6) is 0. The summed E-state index contributed by atoms with van der Waals surface area (Å²) in [6.45, 7) is 0. The van der Waals surface area contributed by atoms with Gasteiger partial charge in [0.05, 0.1) is 22.9 Å². The van der Waals surface area contributed by atoms with Crippen molar-refractivity contribution in [1.29, 1.82) is 0 Å². The Labute approximate surface area is 217 Å². The number of aromatic nitrogens is 2. The third-order valence-corrected chi connectivity index (χ3v) is 6.31. The van der Waals surface area contributed by atoms with Gasteiger partial charge >= 0.3 is 0 Å². The van der Waals surface area contributed by atoms with Crippen LogP contribution in [0.3, 0.4) is 0 Å². The molecule has 3 heteroatoms. The molecule has 0 radical (unpaired) electrons. The lowest BCUT2D eigenvalue weighted by Gasteiger charge is -2.25. The van der Waals surface area contributed by atoms with Gasteiger partial charge in [-0.2, -0.15) is 0 Å². The Morgan fingerprint density at radius 1 is 0.459 bits per heavy atom. The molecule has 0 saturated carbocycles. The Kier molecular flexibility index (Phi) is 6.25. The molecule has 0 saturated heterocycles. The van der Waals surface area contributed by atoms with E-state index in [9.17, 15) is 0 Å². The van der Waals surface area contributed by atoms with E-state index in [0.29, 0.717) is 0 Å². The van der Waals surface area contributed by atoms with E-state index in [1.54, 1.807) is 0 Å². The quantitative estimate of drug-likeness (QED) is 0.241. The Balaban J connectivity index is 1.22. The molecule has 1 aromatic heterocycles. The van der Waals surface area contributed by atoms with Gasteiger partial charge < -0.3 is 4.90 Å². The molecule has 6 aromatic rings. The third-order valence-electron chi connectivity index (χ3n) is 6.31. The van der Waals surface area contributed by atoms with E-state index in [4.69, 9.17) is 0 Å². The minimum absolute atomic E-state index is 0.847. The topological polar surface area (TPSA) is 29.0 Å². The fourth-order valence-corrected chi connectivity index (χ4v) is 4.42. The van der Waals surface area contributed by atoms with Gasteiger partial charge in [0.2, 0.25) is 0 Å². The van der Waals surface area contributed by atoms with E-state index >= 15 is 0 Å². The summed E-state index contributed by atoms with van der Waals surface area (Å²) in [4.78, 5) is 11.4. The van der Waals surface area contributed by atoms with Crippen molar-refractivity contribution in [2.24, 2.45) is 0 Å². The monoisotopic (exact) mass is 475 g/mol. The van der Waals surface area contributed by atoms with Gasteiger partial charge in [0.1, 0.15) is 0 Å². The summed E-state index contributed by atoms with van der Waals surface area (Å²) in [5, 5.41) is 0. The van der Waals surface area contributed by atoms with Gasteiger partial charge in [0.15, 0.2) is 0 Å². The number of fused-ring (bicyclic) bond motifs is 1. The second-order valence-electron chi connectivity index (χ2n) is 8.79. The predicted octanol–water partition coefficient (Wildman–Crippen LogP) is 8.94. The molecule has 0 atom stereocenters. The average Bonchev–Trinajstić information content (AvgIpc) is 2.98. The van der Waals surface area contributed by atoms with Crippen LogP contribution in [0.15, 0.2) is 140 Å². The number of rotatable bonds is 6. The van der Waals surface area contributed by atoms with E-state index < -0.39 is 0 Å². The molecule has 1 heterocycles. The van der Waals surface area contributed by atoms with Crippen molar-refractivity contribution >= 4 is 40.2 Å². The van der Waals surface area contributed by atoms with Gasteiger partial charge in [0.25, 0.3) is 0 Å². The summed E-state index contributed by atoms with van der Waals surface area (Å²) >= 11 is 0. The lowest BCUT2D eigenvalue weighted by Crippen LogP contribution is -2.09. The molecule has 5 aromatic carbocycles. The van der Waals surface area contributed by atoms with Gasteiger partial charge in [-0.1, -0.05) is 91.0 Å². The van der Waals surface area contributed by atoms with Crippen molar-refractivity contribution < 1.29 is 0 Å². The number of hydrogen-bond donors (Lipinski definition) is 0. The average molecular weight is 476 g/mol. The van der Waals surface area contributed by atoms with Crippen LogP contribution in [0.2, 0.25) is 0 Å². The number of para-hydroxylation sites is 4. The molecular formula is C34H25N3. The van der Waals surface area contributed by atoms with Crippen LogP contribution in [0.5, 0.6) is 0 Å². The second-order valence-corrected chi connectivity index (χ2v) is 8.79. The molecule has 0 unspecified atom stereocenters. The van der Waals surface area contributed by atoms with Crippen molar-refractivity contribution in [3.8, 4) is 11.1 Å². The summed E-state index contributed by atoms with van der Waals surface area (Å²) in [6, 6.07) is 46.2. The Morgan fingerprint density at radius 3 is 1.59 bits per heavy atom. The molecule has 0 spiro atoms. The van der Waals surface area contributed by atoms with E-state index in [1.807, 2.05) is 48.7 Å². The van der Waals surface area contributed by atoms with Crippen LogP contribution in [-0.4, -0.2) is 9.97 Å². The smallest absolute Gasteiger partial charge is 0.0894 e. The van der Waals surface area contributed by atoms with E-state index in [1.165, 1.54) is 11.1 Å². The highest BCUT2D eigenvalue weighted by molar-refractivity contribution is 5.79. The number of hydrogen-bond acceptors (Lipinski definition) is 3. The second kappa shape index (κ2) is 10.3. The molecule has 176 valence electrons. The number of anilines is 3. The number of benzene rings is 5. The maximum Gasteiger partial charge on any atom is 0.0894 e. The maximum absolute atomic E-state index is 4.67. The summed E-state index contributed by atoms with van der Waals surface area (Å²) in [6.07, 6.45) is 5.89. The first-order valence-electron chi connectivity index (χ1n) is 12.3. The third kappa shape index (κ3) is 5.02. The largest absolute Gasteiger partial charge is 0.311 e. The van der Waals surface area contributed by atoms with E-state index in [2.05, 4.69) is 118 Å². The van der Waals surface area contributed by atoms with E-state index in [0.717, 1.165) is 39.4 Å². The first-order chi connectivity index (χ1) is 18.3. The van der Waals surface area contributed by atoms with Crippen LogP contribution in [0.4, 0.5) is 17.1 Å². The highest BCUT2D eigenvalue weighted by Crippen LogP contribution is 2.35. The molecule has 0 amide bonds. The molecule has 0 bridgehead atoms. The zero-order valence-corrected chi connectivity index (χ0v) is 20.3. The Hall–Kier alpha value is -5.02. The van der Waals surface area contributed by atoms with Gasteiger partial charge in [-0.05, 0) is 71.3 Å². The van der Waals surface area contributed by atoms with Crippen LogP contribution in [0.1, 0.15) is 11.3 Å². The fourth-order valence-electron chi connectivity index (χ4n) is 4.42. The molecule has 6 rings (SSSR count). The van der Waals surface area contributed by atoms with Crippen molar-refractivity contribution in [3.63, 3.8) is 0 Å². The highest BCUT2D eigenvalue weighted by atomic mass is 15.1. The van der Waals surface area contributed by atoms with Crippen LogP contribution in [0, 0.1) is 0 Å². The molecule has 0 aliphatic carbocycles. The maximum atomic E-state index is 4.67. The van der Waals surface area contributed by atoms with Crippen molar-refractivity contribution in [2.75, 3.05) is 4.90 Å². The van der Waals surface area contributed by atoms with Crippen LogP contribution in [0.25, 0.3) is 34.3 Å². The van der Waals surface area contributed by atoms with Crippen LogP contribution in [-0.2, 0) is 0 Å². The predicted molar refractivity (Wildman–Crippen MR) is 155 cm³/mol. The molecule has 3 nitrogen and oxygen atoms in total. The van der Waals surface area contributed by atoms with Crippen LogP contribution >= 0.6 is 0 Å². The van der Waals surface area contributed by atoms with Crippen molar-refractivity contribution in [2.45, 2.75) is 0 Å². The minimum atomic E-state index is 0.847. The molecular weight excluding hydrogens is 450 g/mol. The summed E-state index contributed by atoms with van der Waals surface area (Å²) < 4.78 is 0. The first-order valence-corrected chi connectivity index (χ1v) is 12.3. The summed E-state index contributed by atoms with van der Waals surface area (Å²) in [7, 11) is 0. The molecule has 0 aliphatic rings. The van der Waals surface area contributed by atoms with Crippen molar-refractivity contribution in [1.82, 2.24) is 9.97 Å². The zero-order chi connectivity index (χ0) is 24.9. The number of nitrogens with zero attached hydrogens (tertiary/aromatic N) is 3. The SMILES string of the molecule is C(=C\c1cnc2ccccc2n1)/c1ccc(-c2ccc(N(c3ccccc3)c3ccccc3)cc2)cc1. The molecule has 37 heavy (non-hydrogen) atoms. The molecule has 0 N–H and O–H groups in total. The Bertz CT molecular complexity index is 1600. The standard InChI is InChI=1S/C34H25N3/c1-3-9-30(10-4-1)37(31-11-5-2-6-12-31)32-23-20-28(21-24-32)27-18-15-26(16-19-27)17-22-29-25-35-33-13-7-8-14-34(33)36-29/h1-25H/b22-17+. The van der Waals surface area contributed by atoms with Crippen molar-refractivity contribution in [3.05, 3.63) is 151 Å². The van der Waals surface area contributed by atoms with Crippen LogP contribution < -0.4 is 4.90 Å². The molecule has 0 aliphatic heterocycles. The lowest BCUT2D eigenvalue weighted by molar-refractivity contribution is 1.27. The zero-order valence-electron chi connectivity index (χ0n) is 20.3. The van der Waals surface area contributed by atoms with Gasteiger partial charge in [-0.15, -0.1) is 0 Å². The fraction of sp³-hybridized carbons (Fsp3) is 0.